The molecule has 0 saturated heterocycles. The fourth-order valence-corrected chi connectivity index (χ4v) is 1.90. The van der Waals surface area contributed by atoms with Gasteiger partial charge in [0.15, 0.2) is 0 Å². The third-order valence-corrected chi connectivity index (χ3v) is 2.97. The van der Waals surface area contributed by atoms with Gasteiger partial charge in [-0.25, -0.2) is 4.79 Å². The number of urea groups is 1. The number of para-hydroxylation sites is 2. The lowest BCUT2D eigenvalue weighted by molar-refractivity contribution is 0.220. The highest BCUT2D eigenvalue weighted by Crippen LogP contribution is 2.19. The molecule has 0 aliphatic heterocycles. The third-order valence-electron chi connectivity index (χ3n) is 2.97. The maximum absolute atomic E-state index is 12.1. The van der Waals surface area contributed by atoms with Crippen molar-refractivity contribution in [1.82, 2.24) is 4.90 Å². The van der Waals surface area contributed by atoms with Gasteiger partial charge in [0.25, 0.3) is 0 Å². The first-order valence-electron chi connectivity index (χ1n) is 6.40. The van der Waals surface area contributed by atoms with Crippen molar-refractivity contribution in [2.45, 2.75) is 6.54 Å². The lowest BCUT2D eigenvalue weighted by Crippen LogP contribution is -2.30. The van der Waals surface area contributed by atoms with Gasteiger partial charge in [-0.2, -0.15) is 0 Å². The van der Waals surface area contributed by atoms with Crippen LogP contribution < -0.4 is 10.1 Å². The average Bonchev–Trinajstić information content (AvgIpc) is 2.48. The van der Waals surface area contributed by atoms with Crippen LogP contribution in [-0.4, -0.2) is 25.1 Å². The Labute approximate surface area is 119 Å². The second-order valence-electron chi connectivity index (χ2n) is 4.46. The van der Waals surface area contributed by atoms with Crippen molar-refractivity contribution in [1.29, 1.82) is 0 Å². The van der Waals surface area contributed by atoms with Gasteiger partial charge in [0.05, 0.1) is 13.7 Å². The summed E-state index contributed by atoms with van der Waals surface area (Å²) in [6.07, 6.45) is 0. The number of carbonyl (C=O) groups is 1. The molecule has 0 spiro atoms. The molecule has 2 rings (SSSR count). The van der Waals surface area contributed by atoms with Crippen molar-refractivity contribution >= 4 is 11.7 Å². The molecule has 104 valence electrons. The number of methoxy groups -OCH3 is 1. The van der Waals surface area contributed by atoms with E-state index in [9.17, 15) is 4.79 Å². The highest BCUT2D eigenvalue weighted by molar-refractivity contribution is 5.89. The first-order valence-corrected chi connectivity index (χ1v) is 6.40. The number of amides is 2. The SMILES string of the molecule is COc1ccccc1CN(C)C(=O)Nc1ccccc1. The van der Waals surface area contributed by atoms with Gasteiger partial charge in [0.1, 0.15) is 5.75 Å². The lowest BCUT2D eigenvalue weighted by atomic mass is 10.2. The predicted octanol–water partition coefficient (Wildman–Crippen LogP) is 3.36. The molecule has 0 aliphatic rings. The van der Waals surface area contributed by atoms with Crippen LogP contribution in [0.25, 0.3) is 0 Å². The number of ether oxygens (including phenoxy) is 1. The van der Waals surface area contributed by atoms with Crippen LogP contribution in [0.5, 0.6) is 5.75 Å². The number of anilines is 1. The van der Waals surface area contributed by atoms with Crippen molar-refractivity contribution in [3.8, 4) is 5.75 Å². The molecular formula is C16H18N2O2. The summed E-state index contributed by atoms with van der Waals surface area (Å²) in [5, 5.41) is 2.85. The average molecular weight is 270 g/mol. The fourth-order valence-electron chi connectivity index (χ4n) is 1.90. The molecule has 0 atom stereocenters. The monoisotopic (exact) mass is 270 g/mol. The molecule has 4 heteroatoms. The van der Waals surface area contributed by atoms with Crippen molar-refractivity contribution in [3.05, 3.63) is 60.2 Å². The summed E-state index contributed by atoms with van der Waals surface area (Å²) in [4.78, 5) is 13.7. The zero-order valence-corrected chi connectivity index (χ0v) is 11.7. The van der Waals surface area contributed by atoms with Gasteiger partial charge >= 0.3 is 6.03 Å². The number of hydrogen-bond donors (Lipinski definition) is 1. The first kappa shape index (κ1) is 13.9. The van der Waals surface area contributed by atoms with Crippen molar-refractivity contribution in [2.24, 2.45) is 0 Å². The van der Waals surface area contributed by atoms with Gasteiger partial charge in [-0.15, -0.1) is 0 Å². The Balaban J connectivity index is 2.01. The molecule has 0 aliphatic carbocycles. The molecule has 20 heavy (non-hydrogen) atoms. The molecule has 0 aromatic heterocycles. The minimum absolute atomic E-state index is 0.151. The Kier molecular flexibility index (Phi) is 4.60. The zero-order chi connectivity index (χ0) is 14.4. The normalized spacial score (nSPS) is 9.90. The summed E-state index contributed by atoms with van der Waals surface area (Å²) in [5.74, 6) is 0.784. The summed E-state index contributed by atoms with van der Waals surface area (Å²) in [5.41, 5.74) is 1.75. The summed E-state index contributed by atoms with van der Waals surface area (Å²) in [7, 11) is 3.38. The lowest BCUT2D eigenvalue weighted by Gasteiger charge is -2.19. The number of rotatable bonds is 4. The number of carbonyl (C=O) groups excluding carboxylic acids is 1. The van der Waals surface area contributed by atoms with Crippen LogP contribution in [0.3, 0.4) is 0 Å². The second kappa shape index (κ2) is 6.61. The van der Waals surface area contributed by atoms with Crippen molar-refractivity contribution in [3.63, 3.8) is 0 Å². The molecule has 0 unspecified atom stereocenters. The van der Waals surface area contributed by atoms with Crippen LogP contribution in [-0.2, 0) is 6.54 Å². The molecule has 2 amide bonds. The Morgan fingerprint density at radius 3 is 2.45 bits per heavy atom. The van der Waals surface area contributed by atoms with E-state index in [-0.39, 0.29) is 6.03 Å². The number of hydrogen-bond acceptors (Lipinski definition) is 2. The van der Waals surface area contributed by atoms with Crippen LogP contribution in [0.15, 0.2) is 54.6 Å². The molecule has 0 heterocycles. The van der Waals surface area contributed by atoms with Crippen LogP contribution >= 0.6 is 0 Å². The minimum atomic E-state index is -0.151. The summed E-state index contributed by atoms with van der Waals surface area (Å²) >= 11 is 0. The van der Waals surface area contributed by atoms with E-state index in [2.05, 4.69) is 5.32 Å². The molecule has 2 aromatic rings. The molecular weight excluding hydrogens is 252 g/mol. The Hall–Kier alpha value is -2.49. The van der Waals surface area contributed by atoms with Crippen molar-refractivity contribution < 1.29 is 9.53 Å². The summed E-state index contributed by atoms with van der Waals surface area (Å²) in [6.45, 7) is 0.489. The second-order valence-corrected chi connectivity index (χ2v) is 4.46. The molecule has 2 aromatic carbocycles. The zero-order valence-electron chi connectivity index (χ0n) is 11.7. The largest absolute Gasteiger partial charge is 0.496 e. The van der Waals surface area contributed by atoms with E-state index in [1.807, 2.05) is 54.6 Å². The van der Waals surface area contributed by atoms with E-state index < -0.39 is 0 Å². The third kappa shape index (κ3) is 3.51. The maximum atomic E-state index is 12.1. The van der Waals surface area contributed by atoms with Gasteiger partial charge in [0.2, 0.25) is 0 Å². The minimum Gasteiger partial charge on any atom is -0.496 e. The first-order chi connectivity index (χ1) is 9.70. The molecule has 0 bridgehead atoms. The standard InChI is InChI=1S/C16H18N2O2/c1-18(12-13-8-6-7-11-15(13)20-2)16(19)17-14-9-4-3-5-10-14/h3-11H,12H2,1-2H3,(H,17,19). The predicted molar refractivity (Wildman–Crippen MR) is 79.9 cm³/mol. The highest BCUT2D eigenvalue weighted by atomic mass is 16.5. The summed E-state index contributed by atoms with van der Waals surface area (Å²) < 4.78 is 5.29. The number of nitrogens with one attached hydrogen (secondary N) is 1. The van der Waals surface area contributed by atoms with Gasteiger partial charge in [-0.05, 0) is 18.2 Å². The molecule has 0 radical (unpaired) electrons. The van der Waals surface area contributed by atoms with Crippen LogP contribution in [0.4, 0.5) is 10.5 Å². The van der Waals surface area contributed by atoms with Crippen LogP contribution in [0, 0.1) is 0 Å². The smallest absolute Gasteiger partial charge is 0.321 e. The Morgan fingerprint density at radius 2 is 1.75 bits per heavy atom. The Bertz CT molecular complexity index is 570. The van der Waals surface area contributed by atoms with Gasteiger partial charge in [0, 0.05) is 18.3 Å². The van der Waals surface area contributed by atoms with Crippen LogP contribution in [0.1, 0.15) is 5.56 Å². The maximum Gasteiger partial charge on any atom is 0.321 e. The molecule has 0 fully saturated rings. The van der Waals surface area contributed by atoms with E-state index in [1.165, 1.54) is 0 Å². The number of nitrogens with zero attached hydrogens (tertiary/aromatic N) is 1. The molecule has 1 N–H and O–H groups in total. The van der Waals surface area contributed by atoms with E-state index in [0.717, 1.165) is 17.0 Å². The topological polar surface area (TPSA) is 41.6 Å². The van der Waals surface area contributed by atoms with Gasteiger partial charge < -0.3 is 15.0 Å². The van der Waals surface area contributed by atoms with Crippen molar-refractivity contribution in [2.75, 3.05) is 19.5 Å². The molecule has 4 nitrogen and oxygen atoms in total. The van der Waals surface area contributed by atoms with E-state index in [1.54, 1.807) is 19.1 Å². The van der Waals surface area contributed by atoms with E-state index >= 15 is 0 Å². The fraction of sp³-hybridized carbons (Fsp3) is 0.188. The van der Waals surface area contributed by atoms with Crippen LogP contribution in [0.2, 0.25) is 0 Å². The summed E-state index contributed by atoms with van der Waals surface area (Å²) in [6, 6.07) is 16.9. The van der Waals surface area contributed by atoms with Gasteiger partial charge in [-0.1, -0.05) is 36.4 Å². The highest BCUT2D eigenvalue weighted by Gasteiger charge is 2.11. The molecule has 0 saturated carbocycles. The Morgan fingerprint density at radius 1 is 1.10 bits per heavy atom. The van der Waals surface area contributed by atoms with E-state index in [4.69, 9.17) is 4.74 Å². The quantitative estimate of drug-likeness (QED) is 0.925. The number of benzene rings is 2. The van der Waals surface area contributed by atoms with Gasteiger partial charge in [-0.3, -0.25) is 0 Å². The van der Waals surface area contributed by atoms with E-state index in [0.29, 0.717) is 6.54 Å².